The zero-order valence-electron chi connectivity index (χ0n) is 10.5. The molecule has 2 nitrogen and oxygen atoms in total. The van der Waals surface area contributed by atoms with E-state index in [1.165, 1.54) is 31.4 Å². The molecule has 1 fully saturated rings. The topological polar surface area (TPSA) is 29.3 Å². The fourth-order valence-corrected chi connectivity index (χ4v) is 3.01. The molecule has 100 valence electrons. The Bertz CT molecular complexity index is 393. The molecule has 1 aromatic carbocycles. The lowest BCUT2D eigenvalue weighted by Gasteiger charge is -2.35. The summed E-state index contributed by atoms with van der Waals surface area (Å²) < 4.78 is 0. The molecule has 0 spiro atoms. The fourth-order valence-electron chi connectivity index (χ4n) is 2.69. The molecule has 1 aromatic rings. The van der Waals surface area contributed by atoms with Crippen molar-refractivity contribution < 1.29 is 0 Å². The maximum absolute atomic E-state index is 6.06. The van der Waals surface area contributed by atoms with E-state index in [0.29, 0.717) is 16.1 Å². The summed E-state index contributed by atoms with van der Waals surface area (Å²) in [5.41, 5.74) is 6.94. The molecular weight excluding hydrogens is 267 g/mol. The van der Waals surface area contributed by atoms with Crippen molar-refractivity contribution in [3.05, 3.63) is 33.8 Å². The Morgan fingerprint density at radius 2 is 2.06 bits per heavy atom. The highest BCUT2D eigenvalue weighted by molar-refractivity contribution is 6.42. The van der Waals surface area contributed by atoms with E-state index in [1.807, 2.05) is 12.1 Å². The van der Waals surface area contributed by atoms with E-state index < -0.39 is 0 Å². The second kappa shape index (κ2) is 6.76. The molecule has 1 saturated heterocycles. The number of hydrogen-bond donors (Lipinski definition) is 1. The molecule has 0 aliphatic carbocycles. The van der Waals surface area contributed by atoms with Gasteiger partial charge in [-0.1, -0.05) is 35.7 Å². The lowest BCUT2D eigenvalue weighted by Crippen LogP contribution is -2.43. The van der Waals surface area contributed by atoms with Gasteiger partial charge in [-0.25, -0.2) is 0 Å². The van der Waals surface area contributed by atoms with Gasteiger partial charge in [-0.05, 0) is 43.5 Å². The number of hydrogen-bond acceptors (Lipinski definition) is 2. The van der Waals surface area contributed by atoms with Gasteiger partial charge in [0.2, 0.25) is 0 Å². The zero-order valence-corrected chi connectivity index (χ0v) is 12.1. The van der Waals surface area contributed by atoms with Crippen LogP contribution < -0.4 is 5.73 Å². The summed E-state index contributed by atoms with van der Waals surface area (Å²) in [4.78, 5) is 2.51. The molecule has 2 N–H and O–H groups in total. The van der Waals surface area contributed by atoms with E-state index >= 15 is 0 Å². The van der Waals surface area contributed by atoms with Crippen LogP contribution in [0.5, 0.6) is 0 Å². The first kappa shape index (κ1) is 14.1. The summed E-state index contributed by atoms with van der Waals surface area (Å²) in [6.07, 6.45) is 4.89. The Morgan fingerprint density at radius 3 is 2.78 bits per heavy atom. The fraction of sp³-hybridized carbons (Fsp3) is 0.571. The Morgan fingerprint density at radius 1 is 1.22 bits per heavy atom. The Labute approximate surface area is 119 Å². The molecule has 0 bridgehead atoms. The largest absolute Gasteiger partial charge is 0.329 e. The molecular formula is C14H20Cl2N2. The van der Waals surface area contributed by atoms with Crippen LogP contribution in [0, 0.1) is 0 Å². The second-order valence-corrected chi connectivity index (χ2v) is 5.74. The molecule has 18 heavy (non-hydrogen) atoms. The molecule has 0 aromatic heterocycles. The molecule has 1 unspecified atom stereocenters. The smallest absolute Gasteiger partial charge is 0.0595 e. The third kappa shape index (κ3) is 3.61. The van der Waals surface area contributed by atoms with Gasteiger partial charge in [0.15, 0.2) is 0 Å². The van der Waals surface area contributed by atoms with Crippen molar-refractivity contribution in [2.45, 2.75) is 31.7 Å². The summed E-state index contributed by atoms with van der Waals surface area (Å²) in [5, 5.41) is 1.28. The van der Waals surface area contributed by atoms with Crippen molar-refractivity contribution in [3.63, 3.8) is 0 Å². The van der Waals surface area contributed by atoms with Crippen LogP contribution in [0.1, 0.15) is 24.8 Å². The molecule has 1 aliphatic heterocycles. The average molecular weight is 287 g/mol. The lowest BCUT2D eigenvalue weighted by molar-refractivity contribution is 0.152. The molecule has 4 heteroatoms. The SMILES string of the molecule is NCCN1CCCCC1Cc1ccc(Cl)c(Cl)c1. The van der Waals surface area contributed by atoms with Gasteiger partial charge in [0.05, 0.1) is 10.0 Å². The van der Waals surface area contributed by atoms with E-state index in [0.717, 1.165) is 19.5 Å². The van der Waals surface area contributed by atoms with Gasteiger partial charge in [-0.15, -0.1) is 0 Å². The Balaban J connectivity index is 2.03. The Kier molecular flexibility index (Phi) is 5.31. The van der Waals surface area contributed by atoms with E-state index in [2.05, 4.69) is 11.0 Å². The summed E-state index contributed by atoms with van der Waals surface area (Å²) in [6, 6.07) is 6.54. The van der Waals surface area contributed by atoms with Gasteiger partial charge in [0.1, 0.15) is 0 Å². The van der Waals surface area contributed by atoms with E-state index in [4.69, 9.17) is 28.9 Å². The van der Waals surface area contributed by atoms with Crippen molar-refractivity contribution in [2.24, 2.45) is 5.73 Å². The van der Waals surface area contributed by atoms with Crippen LogP contribution in [0.3, 0.4) is 0 Å². The summed E-state index contributed by atoms with van der Waals surface area (Å²) >= 11 is 12.0. The number of rotatable bonds is 4. The van der Waals surface area contributed by atoms with Gasteiger partial charge in [0.25, 0.3) is 0 Å². The highest BCUT2D eigenvalue weighted by Gasteiger charge is 2.21. The van der Waals surface area contributed by atoms with Crippen LogP contribution in [0.25, 0.3) is 0 Å². The molecule has 0 saturated carbocycles. The molecule has 1 aliphatic rings. The Hall–Kier alpha value is -0.280. The standard InChI is InChI=1S/C14H20Cl2N2/c15-13-5-4-11(10-14(13)16)9-12-3-1-2-7-18(12)8-6-17/h4-5,10,12H,1-3,6-9,17H2. The van der Waals surface area contributed by atoms with Gasteiger partial charge in [0, 0.05) is 19.1 Å². The third-order valence-electron chi connectivity index (χ3n) is 3.62. The average Bonchev–Trinajstić information content (AvgIpc) is 2.37. The third-order valence-corrected chi connectivity index (χ3v) is 4.36. The monoisotopic (exact) mass is 286 g/mol. The van der Waals surface area contributed by atoms with Crippen molar-refractivity contribution >= 4 is 23.2 Å². The molecule has 2 rings (SSSR count). The number of benzene rings is 1. The van der Waals surface area contributed by atoms with Crippen molar-refractivity contribution in [3.8, 4) is 0 Å². The molecule has 0 radical (unpaired) electrons. The quantitative estimate of drug-likeness (QED) is 0.920. The summed E-state index contributed by atoms with van der Waals surface area (Å²) in [7, 11) is 0. The number of piperidine rings is 1. The van der Waals surface area contributed by atoms with Crippen LogP contribution in [0.2, 0.25) is 10.0 Å². The van der Waals surface area contributed by atoms with Crippen LogP contribution in [0.15, 0.2) is 18.2 Å². The van der Waals surface area contributed by atoms with Crippen LogP contribution in [0.4, 0.5) is 0 Å². The highest BCUT2D eigenvalue weighted by atomic mass is 35.5. The molecule has 1 atom stereocenters. The van der Waals surface area contributed by atoms with E-state index in [1.54, 1.807) is 0 Å². The van der Waals surface area contributed by atoms with Crippen molar-refractivity contribution in [2.75, 3.05) is 19.6 Å². The number of likely N-dealkylation sites (tertiary alicyclic amines) is 1. The number of nitrogens with two attached hydrogens (primary N) is 1. The van der Waals surface area contributed by atoms with Gasteiger partial charge < -0.3 is 5.73 Å². The minimum absolute atomic E-state index is 0.597. The number of halogens is 2. The lowest BCUT2D eigenvalue weighted by atomic mass is 9.95. The highest BCUT2D eigenvalue weighted by Crippen LogP contribution is 2.25. The maximum Gasteiger partial charge on any atom is 0.0595 e. The minimum Gasteiger partial charge on any atom is -0.329 e. The van der Waals surface area contributed by atoms with Crippen LogP contribution in [-0.2, 0) is 6.42 Å². The minimum atomic E-state index is 0.597. The van der Waals surface area contributed by atoms with Crippen LogP contribution >= 0.6 is 23.2 Å². The predicted molar refractivity (Wildman–Crippen MR) is 78.4 cm³/mol. The molecule has 1 heterocycles. The summed E-state index contributed by atoms with van der Waals surface area (Å²) in [5.74, 6) is 0. The normalized spacial score (nSPS) is 21.2. The second-order valence-electron chi connectivity index (χ2n) is 4.93. The first-order valence-electron chi connectivity index (χ1n) is 6.58. The van der Waals surface area contributed by atoms with Crippen LogP contribution in [-0.4, -0.2) is 30.6 Å². The van der Waals surface area contributed by atoms with E-state index in [9.17, 15) is 0 Å². The molecule has 0 amide bonds. The van der Waals surface area contributed by atoms with Crippen molar-refractivity contribution in [1.82, 2.24) is 4.90 Å². The van der Waals surface area contributed by atoms with Gasteiger partial charge in [-0.3, -0.25) is 4.90 Å². The maximum atomic E-state index is 6.06. The first-order chi connectivity index (χ1) is 8.70. The van der Waals surface area contributed by atoms with E-state index in [-0.39, 0.29) is 0 Å². The first-order valence-corrected chi connectivity index (χ1v) is 7.34. The van der Waals surface area contributed by atoms with Gasteiger partial charge in [-0.2, -0.15) is 0 Å². The summed E-state index contributed by atoms with van der Waals surface area (Å²) in [6.45, 7) is 2.90. The predicted octanol–water partition coefficient (Wildman–Crippen LogP) is 3.35. The van der Waals surface area contributed by atoms with Crippen molar-refractivity contribution in [1.29, 1.82) is 0 Å². The number of nitrogens with zero attached hydrogens (tertiary/aromatic N) is 1. The van der Waals surface area contributed by atoms with Gasteiger partial charge >= 0.3 is 0 Å². The zero-order chi connectivity index (χ0) is 13.0.